The van der Waals surface area contributed by atoms with Crippen molar-refractivity contribution in [2.75, 3.05) is 0 Å². The third-order valence-corrected chi connectivity index (χ3v) is 7.69. The Morgan fingerprint density at radius 2 is 1.44 bits per heavy atom. The molecule has 0 unspecified atom stereocenters. The van der Waals surface area contributed by atoms with Gasteiger partial charge in [0, 0.05) is 23.9 Å². The molecule has 2 atom stereocenters. The van der Waals surface area contributed by atoms with Crippen LogP contribution in [0.5, 0.6) is 0 Å². The first-order chi connectivity index (χ1) is 16.9. The van der Waals surface area contributed by atoms with Crippen LogP contribution in [-0.2, 0) is 6.42 Å². The van der Waals surface area contributed by atoms with Gasteiger partial charge in [-0.05, 0) is 57.1 Å². The molecule has 5 nitrogen and oxygen atoms in total. The lowest BCUT2D eigenvalue weighted by Crippen LogP contribution is -2.41. The Balaban J connectivity index is 1.35. The van der Waals surface area contributed by atoms with Crippen LogP contribution in [0.15, 0.2) is 59.4 Å². The van der Waals surface area contributed by atoms with Crippen molar-refractivity contribution < 1.29 is 0 Å². The fourth-order valence-corrected chi connectivity index (χ4v) is 5.12. The third kappa shape index (κ3) is 4.58. The predicted octanol–water partition coefficient (Wildman–Crippen LogP) is 6.67. The quantitative estimate of drug-likeness (QED) is 0.389. The van der Waals surface area contributed by atoms with Crippen molar-refractivity contribution in [2.45, 2.75) is 72.9 Å². The third-order valence-electron chi connectivity index (χ3n) is 7.69. The Hall–Kier alpha value is -3.02. The molecular weight excluding hydrogens is 442 g/mol. The summed E-state index contributed by atoms with van der Waals surface area (Å²) in [7, 11) is 0. The first-order valence-electron chi connectivity index (χ1n) is 13.0. The molecule has 1 aromatic heterocycles. The van der Waals surface area contributed by atoms with Gasteiger partial charge in [-0.2, -0.15) is 0 Å². The maximum atomic E-state index is 6.55. The zero-order chi connectivity index (χ0) is 25.8. The summed E-state index contributed by atoms with van der Waals surface area (Å²) >= 11 is 0. The van der Waals surface area contributed by atoms with Crippen molar-refractivity contribution in [1.82, 2.24) is 9.97 Å². The molecule has 0 saturated carbocycles. The molecule has 5 N–H and O–H groups in total. The topological polar surface area (TPSA) is 93.1 Å². The van der Waals surface area contributed by atoms with Crippen LogP contribution >= 0.6 is 0 Å². The summed E-state index contributed by atoms with van der Waals surface area (Å²) in [6.07, 6.45) is 4.76. The van der Waals surface area contributed by atoms with Gasteiger partial charge < -0.3 is 16.5 Å². The van der Waals surface area contributed by atoms with Crippen LogP contribution in [0, 0.1) is 10.8 Å². The standard InChI is InChI=1S/C31H39N5/c1-30(2,3)27(32)25-16-23-22-13-11-20(15-21(22)12-14-24(23)35-25)18-7-9-19(10-8-18)26-17-34-29(36-26)28(33)31(4,5)6/h7-11,13,15,17,27-28H,12,14,16,32-33H2,1-6H3,(H,34,36)/t27-,28-/m1/s1. The van der Waals surface area contributed by atoms with Gasteiger partial charge in [-0.25, -0.2) is 4.98 Å². The molecule has 2 heterocycles. The zero-order valence-electron chi connectivity index (χ0n) is 22.4. The summed E-state index contributed by atoms with van der Waals surface area (Å²) in [6, 6.07) is 15.4. The maximum absolute atomic E-state index is 6.55. The van der Waals surface area contributed by atoms with Gasteiger partial charge in [-0.15, -0.1) is 0 Å². The van der Waals surface area contributed by atoms with Gasteiger partial charge in [0.25, 0.3) is 0 Å². The molecule has 1 aliphatic carbocycles. The second-order valence-electron chi connectivity index (χ2n) is 12.5. The van der Waals surface area contributed by atoms with Crippen molar-refractivity contribution in [3.63, 3.8) is 0 Å². The number of aromatic amines is 1. The molecule has 5 rings (SSSR count). The van der Waals surface area contributed by atoms with Crippen LogP contribution in [0.1, 0.15) is 77.4 Å². The van der Waals surface area contributed by atoms with Crippen LogP contribution < -0.4 is 11.5 Å². The van der Waals surface area contributed by atoms with E-state index in [0.717, 1.165) is 42.1 Å². The summed E-state index contributed by atoms with van der Waals surface area (Å²) in [5, 5.41) is 0. The molecule has 188 valence electrons. The van der Waals surface area contributed by atoms with Crippen molar-refractivity contribution in [2.24, 2.45) is 27.3 Å². The van der Waals surface area contributed by atoms with E-state index in [2.05, 4.69) is 94.0 Å². The fourth-order valence-electron chi connectivity index (χ4n) is 5.12. The molecular formula is C31H39N5. The van der Waals surface area contributed by atoms with Gasteiger partial charge in [0.1, 0.15) is 5.82 Å². The number of hydrogen-bond donors (Lipinski definition) is 3. The summed E-state index contributed by atoms with van der Waals surface area (Å²) in [5.41, 5.74) is 23.9. The smallest absolute Gasteiger partial charge is 0.124 e. The minimum atomic E-state index is -0.137. The van der Waals surface area contributed by atoms with Gasteiger partial charge in [0.15, 0.2) is 0 Å². The summed E-state index contributed by atoms with van der Waals surface area (Å²) in [5.74, 6) is 0.826. The Kier molecular flexibility index (Phi) is 6.05. The lowest BCUT2D eigenvalue weighted by molar-refractivity contribution is 0.317. The number of hydrogen-bond acceptors (Lipinski definition) is 4. The number of nitrogens with zero attached hydrogens (tertiary/aromatic N) is 2. The van der Waals surface area contributed by atoms with Gasteiger partial charge in [-0.1, -0.05) is 84.0 Å². The first kappa shape index (κ1) is 24.7. The van der Waals surface area contributed by atoms with Crippen molar-refractivity contribution in [1.29, 1.82) is 0 Å². The highest BCUT2D eigenvalue weighted by atomic mass is 15.0. The van der Waals surface area contributed by atoms with Crippen molar-refractivity contribution >= 4 is 11.3 Å². The monoisotopic (exact) mass is 481 g/mol. The number of aryl methyl sites for hydroxylation is 1. The van der Waals surface area contributed by atoms with Gasteiger partial charge in [0.05, 0.1) is 17.9 Å². The number of imidazole rings is 1. The lowest BCUT2D eigenvalue weighted by Gasteiger charge is -2.27. The van der Waals surface area contributed by atoms with E-state index >= 15 is 0 Å². The Morgan fingerprint density at radius 1 is 0.806 bits per heavy atom. The van der Waals surface area contributed by atoms with Crippen LogP contribution in [0.2, 0.25) is 0 Å². The van der Waals surface area contributed by atoms with E-state index in [0.29, 0.717) is 0 Å². The van der Waals surface area contributed by atoms with Crippen molar-refractivity contribution in [3.8, 4) is 22.4 Å². The number of aliphatic imine (C=N–C) groups is 1. The fraction of sp³-hybridized carbons (Fsp3) is 0.419. The normalized spacial score (nSPS) is 17.5. The van der Waals surface area contributed by atoms with E-state index in [1.165, 1.54) is 33.5 Å². The number of nitrogens with one attached hydrogen (secondary N) is 1. The van der Waals surface area contributed by atoms with E-state index in [-0.39, 0.29) is 22.9 Å². The molecule has 1 aliphatic heterocycles. The van der Waals surface area contributed by atoms with Gasteiger partial charge >= 0.3 is 0 Å². The van der Waals surface area contributed by atoms with E-state index in [1.54, 1.807) is 0 Å². The minimum Gasteiger partial charge on any atom is -0.341 e. The molecule has 2 aromatic carbocycles. The van der Waals surface area contributed by atoms with E-state index < -0.39 is 0 Å². The average molecular weight is 482 g/mol. The molecule has 5 heteroatoms. The summed E-state index contributed by atoms with van der Waals surface area (Å²) < 4.78 is 0. The number of fused-ring (bicyclic) bond motifs is 2. The number of allylic oxidation sites excluding steroid dienone is 2. The van der Waals surface area contributed by atoms with Crippen LogP contribution in [0.3, 0.4) is 0 Å². The Morgan fingerprint density at radius 3 is 2.11 bits per heavy atom. The molecule has 2 aliphatic rings. The number of nitrogens with two attached hydrogens (primary N) is 2. The molecule has 36 heavy (non-hydrogen) atoms. The largest absolute Gasteiger partial charge is 0.341 e. The molecule has 0 spiro atoms. The lowest BCUT2D eigenvalue weighted by atomic mass is 9.81. The molecule has 0 bridgehead atoms. The Bertz CT molecular complexity index is 1340. The van der Waals surface area contributed by atoms with Crippen LogP contribution in [0.25, 0.3) is 28.0 Å². The highest BCUT2D eigenvalue weighted by molar-refractivity contribution is 6.04. The molecule has 0 amide bonds. The number of aromatic nitrogens is 2. The SMILES string of the molecule is CC(C)(C)[C@H](N)C1=NC2=C(C1)c1ccc(-c3ccc(-c4cnc([C@@H](N)C(C)(C)C)[nH]4)cc3)cc1CC2. The maximum Gasteiger partial charge on any atom is 0.124 e. The first-order valence-corrected chi connectivity index (χ1v) is 13.0. The molecule has 0 radical (unpaired) electrons. The van der Waals surface area contributed by atoms with Crippen molar-refractivity contribution in [3.05, 3.63) is 71.3 Å². The summed E-state index contributed by atoms with van der Waals surface area (Å²) in [4.78, 5) is 12.9. The van der Waals surface area contributed by atoms with Crippen LogP contribution in [0.4, 0.5) is 0 Å². The second-order valence-corrected chi connectivity index (χ2v) is 12.5. The minimum absolute atomic E-state index is 0.0144. The number of H-pyrrole nitrogens is 1. The predicted molar refractivity (Wildman–Crippen MR) is 151 cm³/mol. The molecule has 0 fully saturated rings. The molecule has 0 saturated heterocycles. The number of benzene rings is 2. The van der Waals surface area contributed by atoms with E-state index in [9.17, 15) is 0 Å². The van der Waals surface area contributed by atoms with Crippen LogP contribution in [-0.4, -0.2) is 21.7 Å². The van der Waals surface area contributed by atoms with Gasteiger partial charge in [-0.3, -0.25) is 4.99 Å². The summed E-state index contributed by atoms with van der Waals surface area (Å²) in [6.45, 7) is 13.0. The number of rotatable bonds is 4. The zero-order valence-corrected chi connectivity index (χ0v) is 22.4. The second kappa shape index (κ2) is 8.82. The molecule has 3 aromatic rings. The van der Waals surface area contributed by atoms with E-state index in [1.807, 2.05) is 6.20 Å². The highest BCUT2D eigenvalue weighted by Gasteiger charge is 2.32. The Labute approximate surface area is 215 Å². The average Bonchev–Trinajstić information content (AvgIpc) is 3.49. The highest BCUT2D eigenvalue weighted by Crippen LogP contribution is 2.41. The van der Waals surface area contributed by atoms with Gasteiger partial charge in [0.2, 0.25) is 0 Å². The van der Waals surface area contributed by atoms with E-state index in [4.69, 9.17) is 16.5 Å².